The van der Waals surface area contributed by atoms with E-state index in [1.54, 1.807) is 42.5 Å². The first kappa shape index (κ1) is 23.6. The average molecular weight is 462 g/mol. The van der Waals surface area contributed by atoms with Gasteiger partial charge in [-0.2, -0.15) is 13.2 Å². The Kier molecular flexibility index (Phi) is 8.08. The number of carbonyl (C=O) groups excluding carboxylic acids is 1. The van der Waals surface area contributed by atoms with E-state index in [4.69, 9.17) is 4.74 Å². The van der Waals surface area contributed by atoms with Gasteiger partial charge >= 0.3 is 12.1 Å². The quantitative estimate of drug-likeness (QED) is 0.247. The molecule has 0 aliphatic carbocycles. The lowest BCUT2D eigenvalue weighted by atomic mass is 10.1. The number of carbonyl (C=O) groups is 1. The van der Waals surface area contributed by atoms with Gasteiger partial charge in [0.25, 0.3) is 0 Å². The maximum Gasteiger partial charge on any atom is 0.425 e. The minimum Gasteiger partial charge on any atom is -0.488 e. The van der Waals surface area contributed by atoms with Gasteiger partial charge in [0.1, 0.15) is 17.2 Å². The number of hydrogen-bond donors (Lipinski definition) is 1. The van der Waals surface area contributed by atoms with Crippen molar-refractivity contribution >= 4 is 17.3 Å². The standard InChI is InChI=1S/C24H22F3NO3S/c1-30-23(29)8-5-13-28-15-17-9-11-19(12-10-17)31-16-21-20(18-6-3-2-4-7-18)14-22(32-21)24(25,26)27/h2-12,14,28H,13,15-16H2,1H3. The highest BCUT2D eigenvalue weighted by atomic mass is 32.1. The zero-order valence-corrected chi connectivity index (χ0v) is 18.1. The number of alkyl halides is 3. The van der Waals surface area contributed by atoms with Crippen LogP contribution in [0.3, 0.4) is 0 Å². The summed E-state index contributed by atoms with van der Waals surface area (Å²) in [6, 6.07) is 17.5. The molecule has 1 aromatic heterocycles. The lowest BCUT2D eigenvalue weighted by Crippen LogP contribution is -2.13. The Hall–Kier alpha value is -3.10. The minimum absolute atomic E-state index is 0.0426. The fraction of sp³-hybridized carbons (Fsp3) is 0.208. The molecule has 0 spiro atoms. The van der Waals surface area contributed by atoms with E-state index in [1.165, 1.54) is 19.3 Å². The van der Waals surface area contributed by atoms with Crippen LogP contribution in [0.2, 0.25) is 0 Å². The van der Waals surface area contributed by atoms with Crippen LogP contribution in [0.25, 0.3) is 11.1 Å². The first-order valence-corrected chi connectivity index (χ1v) is 10.6. The molecular weight excluding hydrogens is 439 g/mol. The van der Waals surface area contributed by atoms with Crippen molar-refractivity contribution in [2.24, 2.45) is 0 Å². The van der Waals surface area contributed by atoms with Crippen LogP contribution < -0.4 is 10.1 Å². The van der Waals surface area contributed by atoms with Crippen molar-refractivity contribution in [2.75, 3.05) is 13.7 Å². The third kappa shape index (κ3) is 6.70. The van der Waals surface area contributed by atoms with Gasteiger partial charge in [0.05, 0.1) is 12.0 Å². The Balaban J connectivity index is 1.61. The summed E-state index contributed by atoms with van der Waals surface area (Å²) in [4.78, 5) is 10.9. The average Bonchev–Trinajstić information content (AvgIpc) is 3.23. The predicted molar refractivity (Wildman–Crippen MR) is 118 cm³/mol. The number of nitrogens with one attached hydrogen (secondary N) is 1. The number of methoxy groups -OCH3 is 1. The molecule has 0 unspecified atom stereocenters. The summed E-state index contributed by atoms with van der Waals surface area (Å²) in [5.74, 6) is 0.164. The SMILES string of the molecule is COC(=O)C=CCNCc1ccc(OCc2sc(C(F)(F)F)cc2-c2ccccc2)cc1. The molecule has 0 fully saturated rings. The van der Waals surface area contributed by atoms with Crippen LogP contribution >= 0.6 is 11.3 Å². The molecule has 3 rings (SSSR count). The van der Waals surface area contributed by atoms with Gasteiger partial charge in [-0.1, -0.05) is 48.5 Å². The smallest absolute Gasteiger partial charge is 0.425 e. The van der Waals surface area contributed by atoms with E-state index in [-0.39, 0.29) is 6.61 Å². The van der Waals surface area contributed by atoms with Crippen LogP contribution in [-0.2, 0) is 28.9 Å². The third-order valence-electron chi connectivity index (χ3n) is 4.51. The van der Waals surface area contributed by atoms with E-state index in [1.807, 2.05) is 18.2 Å². The van der Waals surface area contributed by atoms with Gasteiger partial charge in [-0.15, -0.1) is 11.3 Å². The summed E-state index contributed by atoms with van der Waals surface area (Å²) >= 11 is 0.704. The topological polar surface area (TPSA) is 47.6 Å². The predicted octanol–water partition coefficient (Wildman–Crippen LogP) is 5.83. The van der Waals surface area contributed by atoms with E-state index in [0.717, 1.165) is 11.1 Å². The highest BCUT2D eigenvalue weighted by molar-refractivity contribution is 7.12. The van der Waals surface area contributed by atoms with Crippen molar-refractivity contribution in [3.8, 4) is 16.9 Å². The van der Waals surface area contributed by atoms with Gasteiger partial charge in [0.15, 0.2) is 0 Å². The molecule has 3 aromatic rings. The van der Waals surface area contributed by atoms with E-state index in [9.17, 15) is 18.0 Å². The number of benzene rings is 2. The van der Waals surface area contributed by atoms with Crippen molar-refractivity contribution in [1.82, 2.24) is 5.32 Å². The van der Waals surface area contributed by atoms with Gasteiger partial charge in [0.2, 0.25) is 0 Å². The van der Waals surface area contributed by atoms with Crippen LogP contribution in [0.1, 0.15) is 15.3 Å². The second kappa shape index (κ2) is 11.0. The first-order chi connectivity index (χ1) is 15.4. The summed E-state index contributed by atoms with van der Waals surface area (Å²) in [6.07, 6.45) is -1.38. The summed E-state index contributed by atoms with van der Waals surface area (Å²) < 4.78 is 50.0. The zero-order chi connectivity index (χ0) is 23.0. The number of halogens is 3. The molecule has 168 valence electrons. The summed E-state index contributed by atoms with van der Waals surface area (Å²) in [5.41, 5.74) is 2.26. The largest absolute Gasteiger partial charge is 0.488 e. The molecular formula is C24H22F3NO3S. The number of rotatable bonds is 9. The van der Waals surface area contributed by atoms with Crippen molar-refractivity contribution in [3.63, 3.8) is 0 Å². The maximum absolute atomic E-state index is 13.2. The second-order valence-electron chi connectivity index (χ2n) is 6.80. The lowest BCUT2D eigenvalue weighted by molar-refractivity contribution is -0.135. The summed E-state index contributed by atoms with van der Waals surface area (Å²) in [7, 11) is 1.32. The lowest BCUT2D eigenvalue weighted by Gasteiger charge is -2.09. The number of esters is 1. The van der Waals surface area contributed by atoms with Crippen LogP contribution in [0.15, 0.2) is 72.8 Å². The molecule has 32 heavy (non-hydrogen) atoms. The van der Waals surface area contributed by atoms with E-state index in [2.05, 4.69) is 10.1 Å². The Morgan fingerprint density at radius 2 is 1.81 bits per heavy atom. The number of thiophene rings is 1. The van der Waals surface area contributed by atoms with Gasteiger partial charge in [-0.05, 0) is 34.9 Å². The molecule has 1 heterocycles. The second-order valence-corrected chi connectivity index (χ2v) is 7.94. The van der Waals surface area contributed by atoms with Crippen molar-refractivity contribution in [3.05, 3.63) is 88.1 Å². The van der Waals surface area contributed by atoms with Crippen molar-refractivity contribution < 1.29 is 27.4 Å². The molecule has 8 heteroatoms. The number of hydrogen-bond acceptors (Lipinski definition) is 5. The van der Waals surface area contributed by atoms with Crippen LogP contribution in [0, 0.1) is 0 Å². The molecule has 0 bridgehead atoms. The van der Waals surface area contributed by atoms with Gasteiger partial charge < -0.3 is 14.8 Å². The molecule has 0 saturated heterocycles. The molecule has 0 saturated carbocycles. The van der Waals surface area contributed by atoms with Crippen LogP contribution in [0.4, 0.5) is 13.2 Å². The Morgan fingerprint density at radius 1 is 1.09 bits per heavy atom. The highest BCUT2D eigenvalue weighted by Gasteiger charge is 2.34. The molecule has 0 aliphatic rings. The fourth-order valence-corrected chi connectivity index (χ4v) is 3.88. The van der Waals surface area contributed by atoms with Crippen molar-refractivity contribution in [1.29, 1.82) is 0 Å². The zero-order valence-electron chi connectivity index (χ0n) is 17.3. The Labute approximate surface area is 188 Å². The van der Waals surface area contributed by atoms with Crippen molar-refractivity contribution in [2.45, 2.75) is 19.3 Å². The molecule has 0 aliphatic heterocycles. The highest BCUT2D eigenvalue weighted by Crippen LogP contribution is 2.40. The first-order valence-electron chi connectivity index (χ1n) is 9.79. The number of ether oxygens (including phenoxy) is 2. The molecule has 2 aromatic carbocycles. The van der Waals surface area contributed by atoms with E-state index in [0.29, 0.717) is 40.6 Å². The van der Waals surface area contributed by atoms with Crippen LogP contribution in [-0.4, -0.2) is 19.6 Å². The molecule has 0 radical (unpaired) electrons. The molecule has 1 N–H and O–H groups in total. The van der Waals surface area contributed by atoms with Crippen LogP contribution in [0.5, 0.6) is 5.75 Å². The monoisotopic (exact) mass is 461 g/mol. The van der Waals surface area contributed by atoms with Gasteiger partial charge in [-0.3, -0.25) is 0 Å². The van der Waals surface area contributed by atoms with E-state index < -0.39 is 17.0 Å². The minimum atomic E-state index is -4.40. The molecule has 0 amide bonds. The molecule has 4 nitrogen and oxygen atoms in total. The molecule has 0 atom stereocenters. The van der Waals surface area contributed by atoms with E-state index >= 15 is 0 Å². The third-order valence-corrected chi connectivity index (χ3v) is 5.67. The Bertz CT molecular complexity index is 1040. The van der Waals surface area contributed by atoms with Gasteiger partial charge in [-0.25, -0.2) is 4.79 Å². The van der Waals surface area contributed by atoms with Gasteiger partial charge in [0, 0.05) is 19.2 Å². The fourth-order valence-electron chi connectivity index (χ4n) is 2.91. The maximum atomic E-state index is 13.2. The Morgan fingerprint density at radius 3 is 2.47 bits per heavy atom. The summed E-state index contributed by atoms with van der Waals surface area (Å²) in [5, 5.41) is 3.16. The summed E-state index contributed by atoms with van der Waals surface area (Å²) in [6.45, 7) is 1.14. The normalized spacial score (nSPS) is 11.6.